The molecule has 4 amide bonds. The zero-order valence-corrected chi connectivity index (χ0v) is 56.0. The predicted molar refractivity (Wildman–Crippen MR) is 349 cm³/mol. The Hall–Kier alpha value is -7.02. The Kier molecular flexibility index (Phi) is 25.5. The molecule has 6 aliphatic rings. The van der Waals surface area contributed by atoms with Crippen LogP contribution in [0.5, 0.6) is 23.0 Å². The summed E-state index contributed by atoms with van der Waals surface area (Å²) in [5, 5.41) is 2.86. The third-order valence-electron chi connectivity index (χ3n) is 16.2. The van der Waals surface area contributed by atoms with Crippen LogP contribution >= 0.6 is 0 Å². The highest BCUT2D eigenvalue weighted by Crippen LogP contribution is 2.46. The van der Waals surface area contributed by atoms with E-state index < -0.39 is 54.5 Å². The molecule has 94 heavy (non-hydrogen) atoms. The molecule has 0 bridgehead atoms. The lowest BCUT2D eigenvalue weighted by molar-refractivity contribution is -0.197. The smallest absolute Gasteiger partial charge is 0.417 e. The van der Waals surface area contributed by atoms with Gasteiger partial charge in [0.15, 0.2) is 48.0 Å². The maximum Gasteiger partial charge on any atom is 0.417 e. The molecule has 3 aromatic carbocycles. The largest absolute Gasteiger partial charge is 0.493 e. The van der Waals surface area contributed by atoms with E-state index in [0.717, 1.165) is 42.4 Å². The third kappa shape index (κ3) is 19.6. The van der Waals surface area contributed by atoms with Crippen LogP contribution in [0, 0.1) is 11.8 Å². The molecule has 4 saturated heterocycles. The molecule has 6 atom stereocenters. The van der Waals surface area contributed by atoms with Crippen LogP contribution in [0.1, 0.15) is 132 Å². The molecule has 0 radical (unpaired) electrons. The second-order valence-corrected chi connectivity index (χ2v) is 26.1. The summed E-state index contributed by atoms with van der Waals surface area (Å²) in [7, 11) is 3.05. The zero-order valence-electron chi connectivity index (χ0n) is 56.0. The van der Waals surface area contributed by atoms with Crippen LogP contribution in [0.2, 0.25) is 0 Å². The van der Waals surface area contributed by atoms with Gasteiger partial charge in [-0.15, -0.1) is 0 Å². The molecule has 0 aromatic heterocycles. The van der Waals surface area contributed by atoms with Gasteiger partial charge in [0.05, 0.1) is 103 Å². The topological polar surface area (TPSA) is 249 Å². The average Bonchev–Trinajstić information content (AvgIpc) is 1.58. The first-order chi connectivity index (χ1) is 45.2. The van der Waals surface area contributed by atoms with Crippen LogP contribution < -0.4 is 39.8 Å². The highest BCUT2D eigenvalue weighted by Gasteiger charge is 2.50. The highest BCUT2D eigenvalue weighted by atomic mass is 16.7. The number of methoxy groups -OCH3 is 2. The fourth-order valence-electron chi connectivity index (χ4n) is 12.0. The van der Waals surface area contributed by atoms with Crippen molar-refractivity contribution in [3.63, 3.8) is 0 Å². The molecule has 6 heterocycles. The molecule has 4 fully saturated rings. The van der Waals surface area contributed by atoms with Gasteiger partial charge in [0, 0.05) is 63.5 Å². The molecule has 0 saturated carbocycles. The monoisotopic (exact) mass is 1310 g/mol. The van der Waals surface area contributed by atoms with Crippen molar-refractivity contribution in [2.45, 2.75) is 167 Å². The van der Waals surface area contributed by atoms with Crippen LogP contribution in [0.15, 0.2) is 66.8 Å². The second-order valence-electron chi connectivity index (χ2n) is 26.1. The number of nitrogens with two attached hydrogens (primary N) is 1. The fourth-order valence-corrected chi connectivity index (χ4v) is 12.0. The van der Waals surface area contributed by atoms with E-state index in [0.29, 0.717) is 139 Å². The maximum atomic E-state index is 14.8. The summed E-state index contributed by atoms with van der Waals surface area (Å²) in [4.78, 5) is 64.2. The molecule has 24 nitrogen and oxygen atoms in total. The summed E-state index contributed by atoms with van der Waals surface area (Å²) in [6.45, 7) is 25.3. The van der Waals surface area contributed by atoms with Gasteiger partial charge in [-0.05, 0) is 140 Å². The van der Waals surface area contributed by atoms with Crippen LogP contribution in [0.4, 0.5) is 21.0 Å². The van der Waals surface area contributed by atoms with E-state index in [1.54, 1.807) is 55.9 Å². The molecular formula is C70H96N6O18. The zero-order chi connectivity index (χ0) is 66.9. The molecule has 3 aromatic rings. The van der Waals surface area contributed by atoms with Gasteiger partial charge in [-0.3, -0.25) is 14.5 Å². The molecule has 9 rings (SSSR count). The van der Waals surface area contributed by atoms with Crippen LogP contribution in [-0.4, -0.2) is 189 Å². The molecule has 3 N–H and O–H groups in total. The first-order valence-electron chi connectivity index (χ1n) is 32.7. The van der Waals surface area contributed by atoms with Gasteiger partial charge in [0.1, 0.15) is 24.4 Å². The van der Waals surface area contributed by atoms with Gasteiger partial charge < -0.3 is 82.3 Å². The third-order valence-corrected chi connectivity index (χ3v) is 16.2. The molecule has 3 unspecified atom stereocenters. The molecule has 0 aliphatic carbocycles. The quantitative estimate of drug-likeness (QED) is 0.0411. The normalized spacial score (nSPS) is 21.4. The van der Waals surface area contributed by atoms with E-state index in [9.17, 15) is 19.2 Å². The number of anilines is 2. The van der Waals surface area contributed by atoms with Crippen molar-refractivity contribution in [2.75, 3.05) is 116 Å². The number of carbonyl (C=O) groups excluding carboxylic acids is 4. The van der Waals surface area contributed by atoms with Crippen LogP contribution in [0.25, 0.3) is 0 Å². The van der Waals surface area contributed by atoms with E-state index in [4.69, 9.17) is 72.0 Å². The minimum Gasteiger partial charge on any atom is -0.493 e. The second kappa shape index (κ2) is 33.6. The number of fused-ring (bicyclic) bond motifs is 4. The summed E-state index contributed by atoms with van der Waals surface area (Å²) in [5.74, 6) is 6.95. The van der Waals surface area contributed by atoms with Crippen molar-refractivity contribution in [1.29, 1.82) is 0 Å². The summed E-state index contributed by atoms with van der Waals surface area (Å²) in [6.07, 6.45) is 1.66. The summed E-state index contributed by atoms with van der Waals surface area (Å²) < 4.78 is 85.5. The van der Waals surface area contributed by atoms with Gasteiger partial charge in [-0.2, -0.15) is 0 Å². The number of nitrogens with one attached hydrogen (secondary N) is 1. The van der Waals surface area contributed by atoms with E-state index in [-0.39, 0.29) is 79.9 Å². The number of hydrogen-bond donors (Lipinski definition) is 2. The Morgan fingerprint density at radius 1 is 0.628 bits per heavy atom. The summed E-state index contributed by atoms with van der Waals surface area (Å²) in [6, 6.07) is 11.7. The molecule has 24 heteroatoms. The SMILES string of the molecule is C=C1C[C@H]2[C@H](OC3CCCCO3)N(C(=O)OC(C)(C)C)c3cc(OCc4cc(C#CCNC(=O)CCOCCOCCOCCOCCN)cc(COc5cc6c(cc5OC)C(=O)N5CC(=C)C[C@H]5C(OC5CCCCO5)N6C(=O)OC(C)(C)C)c4)c(OC)cc3CN2C1. The van der Waals surface area contributed by atoms with Crippen LogP contribution in [-0.2, 0) is 71.9 Å². The minimum atomic E-state index is -1.03. The number of carbonyl (C=O) groups is 4. The van der Waals surface area contributed by atoms with E-state index in [1.165, 1.54) is 12.0 Å². The Labute approximate surface area is 552 Å². The number of ether oxygens (including phenoxy) is 14. The molecular weight excluding hydrogens is 1210 g/mol. The maximum absolute atomic E-state index is 14.8. The number of rotatable bonds is 27. The van der Waals surface area contributed by atoms with E-state index in [2.05, 4.69) is 35.2 Å². The lowest BCUT2D eigenvalue weighted by atomic mass is 10.1. The van der Waals surface area contributed by atoms with Gasteiger partial charge in [0.2, 0.25) is 5.91 Å². The van der Waals surface area contributed by atoms with Gasteiger partial charge in [-0.25, -0.2) is 19.4 Å². The summed E-state index contributed by atoms with van der Waals surface area (Å²) in [5.41, 5.74) is 9.13. The number of amides is 4. The van der Waals surface area contributed by atoms with Crippen molar-refractivity contribution in [3.05, 3.63) is 94.6 Å². The Morgan fingerprint density at radius 3 is 1.70 bits per heavy atom. The fraction of sp³-hybridized carbons (Fsp3) is 0.600. The predicted octanol–water partition coefficient (Wildman–Crippen LogP) is 8.89. The highest BCUT2D eigenvalue weighted by molar-refractivity contribution is 6.06. The Morgan fingerprint density at radius 2 is 1.15 bits per heavy atom. The number of nitrogens with zero attached hydrogens (tertiary/aromatic N) is 4. The Bertz CT molecular complexity index is 3180. The number of hydrogen-bond acceptors (Lipinski definition) is 20. The molecule has 514 valence electrons. The lowest BCUT2D eigenvalue weighted by Crippen LogP contribution is -2.54. The van der Waals surface area contributed by atoms with Gasteiger partial charge >= 0.3 is 12.2 Å². The lowest BCUT2D eigenvalue weighted by Gasteiger charge is -2.39. The summed E-state index contributed by atoms with van der Waals surface area (Å²) >= 11 is 0. The average molecular weight is 1310 g/mol. The first kappa shape index (κ1) is 71.3. The van der Waals surface area contributed by atoms with E-state index in [1.807, 2.05) is 45.0 Å². The molecule has 6 aliphatic heterocycles. The first-order valence-corrected chi connectivity index (χ1v) is 32.7. The van der Waals surface area contributed by atoms with Gasteiger partial charge in [-0.1, -0.05) is 36.1 Å². The van der Waals surface area contributed by atoms with Crippen molar-refractivity contribution < 1.29 is 85.5 Å². The van der Waals surface area contributed by atoms with E-state index >= 15 is 0 Å². The van der Waals surface area contributed by atoms with Crippen molar-refractivity contribution >= 4 is 35.4 Å². The minimum absolute atomic E-state index is 0.0135. The standard InChI is InChI=1S/C70H96N6O18/c1-46-32-55-65(91-62-17-11-13-22-87-62)75(67(79)93-69(3,4)5)53-39-59(57(81-9)37-51(53)43-73(55)41-46)89-44-49-34-48(16-15-21-72-61(77)19-24-83-26-28-85-30-31-86-29-27-84-25-20-71)35-50(36-49)45-90-60-40-54-52(38-58(60)82-10)64(78)74-42-47(2)33-56(74)66(92-63-18-12-14-23-88-63)76(54)68(80)94-70(6,7)8/h34-40,55-56,62-63,65-66H,1-2,11-14,17-33,41-45,71H2,3-10H3,(H,72,77)/t55-,56-,62?,63?,65-,66?/m0/s1. The van der Waals surface area contributed by atoms with Crippen molar-refractivity contribution in [3.8, 4) is 34.8 Å². The van der Waals surface area contributed by atoms with Crippen molar-refractivity contribution in [1.82, 2.24) is 15.1 Å². The molecule has 0 spiro atoms. The number of benzene rings is 3. The Balaban J connectivity index is 0.993. The van der Waals surface area contributed by atoms with Crippen molar-refractivity contribution in [2.24, 2.45) is 5.73 Å². The van der Waals surface area contributed by atoms with Crippen LogP contribution in [0.3, 0.4) is 0 Å². The van der Waals surface area contributed by atoms with Gasteiger partial charge in [0.25, 0.3) is 5.91 Å².